The van der Waals surface area contributed by atoms with Gasteiger partial charge in [-0.2, -0.15) is 0 Å². The predicted octanol–water partition coefficient (Wildman–Crippen LogP) is 6.20. The predicted molar refractivity (Wildman–Crippen MR) is 134 cm³/mol. The Hall–Kier alpha value is -0.870. The lowest BCUT2D eigenvalue weighted by Gasteiger charge is -2.71. The molecule has 4 fully saturated rings. The molecule has 5 aliphatic carbocycles. The summed E-state index contributed by atoms with van der Waals surface area (Å²) in [7, 11) is 0. The van der Waals surface area contributed by atoms with Crippen LogP contribution < -0.4 is 0 Å². The number of aliphatic hydroxyl groups is 2. The highest BCUT2D eigenvalue weighted by molar-refractivity contribution is 5.76. The molecule has 0 amide bonds. The lowest BCUT2D eigenvalue weighted by atomic mass is 9.33. The van der Waals surface area contributed by atoms with Crippen molar-refractivity contribution < 1.29 is 20.1 Å². The normalized spacial score (nSPS) is 53.4. The molecule has 3 N–H and O–H groups in total. The van der Waals surface area contributed by atoms with E-state index in [1.807, 2.05) is 0 Å². The summed E-state index contributed by atoms with van der Waals surface area (Å²) in [5.41, 5.74) is 0.754. The van der Waals surface area contributed by atoms with Gasteiger partial charge < -0.3 is 15.3 Å². The number of carboxylic acid groups (broad SMARTS) is 1. The number of allylic oxidation sites excluding steroid dienone is 2. The van der Waals surface area contributed by atoms with Gasteiger partial charge in [0.15, 0.2) is 0 Å². The van der Waals surface area contributed by atoms with E-state index in [-0.39, 0.29) is 33.0 Å². The van der Waals surface area contributed by atoms with E-state index in [4.69, 9.17) is 0 Å². The third-order valence-corrected chi connectivity index (χ3v) is 13.0. The Kier molecular flexibility index (Phi) is 5.20. The summed E-state index contributed by atoms with van der Waals surface area (Å²) in [6, 6.07) is 0. The summed E-state index contributed by atoms with van der Waals surface area (Å²) in [6.07, 6.45) is 9.45. The van der Waals surface area contributed by atoms with Gasteiger partial charge in [0, 0.05) is 0 Å². The molecule has 0 aromatic rings. The minimum atomic E-state index is -0.679. The highest BCUT2D eigenvalue weighted by Gasteiger charge is 2.70. The number of rotatable bonds is 1. The monoisotopic (exact) mass is 472 g/mol. The van der Waals surface area contributed by atoms with Crippen LogP contribution >= 0.6 is 0 Å². The van der Waals surface area contributed by atoms with Gasteiger partial charge in [0.25, 0.3) is 0 Å². The largest absolute Gasteiger partial charge is 0.481 e. The fourth-order valence-electron chi connectivity index (χ4n) is 10.8. The summed E-state index contributed by atoms with van der Waals surface area (Å²) in [5.74, 6) is 0.365. The van der Waals surface area contributed by atoms with Gasteiger partial charge in [0.1, 0.15) is 0 Å². The van der Waals surface area contributed by atoms with Crippen molar-refractivity contribution in [3.05, 3.63) is 11.6 Å². The molecule has 0 bridgehead atoms. The lowest BCUT2D eigenvalue weighted by molar-refractivity contribution is -0.231. The lowest BCUT2D eigenvalue weighted by Crippen LogP contribution is -2.67. The number of carbonyl (C=O) groups is 1. The van der Waals surface area contributed by atoms with Crippen LogP contribution in [0.4, 0.5) is 0 Å². The molecule has 0 saturated heterocycles. The molecule has 3 unspecified atom stereocenters. The van der Waals surface area contributed by atoms with Crippen LogP contribution in [-0.4, -0.2) is 33.5 Å². The Balaban J connectivity index is 1.61. The number of hydrogen-bond donors (Lipinski definition) is 3. The molecule has 34 heavy (non-hydrogen) atoms. The summed E-state index contributed by atoms with van der Waals surface area (Å²) in [4.78, 5) is 12.8. The quantitative estimate of drug-likeness (QED) is 0.397. The minimum Gasteiger partial charge on any atom is -0.481 e. The molecule has 0 aliphatic heterocycles. The Bertz CT molecular complexity index is 919. The van der Waals surface area contributed by atoms with Gasteiger partial charge in [-0.3, -0.25) is 4.79 Å². The van der Waals surface area contributed by atoms with Crippen LogP contribution in [0.2, 0.25) is 0 Å². The Morgan fingerprint density at radius 2 is 1.53 bits per heavy atom. The molecule has 0 radical (unpaired) electrons. The van der Waals surface area contributed by atoms with Gasteiger partial charge in [0.2, 0.25) is 0 Å². The van der Waals surface area contributed by atoms with Crippen molar-refractivity contribution in [3.8, 4) is 0 Å². The van der Waals surface area contributed by atoms with Crippen LogP contribution in [0, 0.1) is 50.2 Å². The van der Waals surface area contributed by atoms with Crippen LogP contribution in [0.25, 0.3) is 0 Å². The Morgan fingerprint density at radius 3 is 2.18 bits per heavy atom. The van der Waals surface area contributed by atoms with Gasteiger partial charge in [-0.05, 0) is 103 Å². The highest BCUT2D eigenvalue weighted by Crippen LogP contribution is 2.75. The van der Waals surface area contributed by atoms with E-state index in [2.05, 4.69) is 54.5 Å². The van der Waals surface area contributed by atoms with E-state index in [0.717, 1.165) is 51.4 Å². The first kappa shape index (κ1) is 24.8. The second-order valence-electron chi connectivity index (χ2n) is 15.2. The number of hydrogen-bond acceptors (Lipinski definition) is 3. The zero-order valence-corrected chi connectivity index (χ0v) is 22.6. The molecule has 192 valence electrons. The minimum absolute atomic E-state index is 0.00785. The van der Waals surface area contributed by atoms with E-state index in [1.165, 1.54) is 5.57 Å². The van der Waals surface area contributed by atoms with Crippen LogP contribution in [0.1, 0.15) is 106 Å². The Labute approximate surface area is 206 Å². The maximum absolute atomic E-state index is 12.8. The summed E-state index contributed by atoms with van der Waals surface area (Å²) in [5, 5.41) is 32.4. The van der Waals surface area contributed by atoms with Crippen molar-refractivity contribution in [1.82, 2.24) is 0 Å². The van der Waals surface area contributed by atoms with Crippen LogP contribution in [0.3, 0.4) is 0 Å². The molecule has 5 aliphatic rings. The zero-order valence-electron chi connectivity index (χ0n) is 22.6. The number of aliphatic carboxylic acids is 1. The third-order valence-electron chi connectivity index (χ3n) is 13.0. The topological polar surface area (TPSA) is 77.8 Å². The molecule has 0 aromatic heterocycles. The molecule has 0 spiro atoms. The van der Waals surface area contributed by atoms with Gasteiger partial charge in [-0.25, -0.2) is 0 Å². The number of carboxylic acids is 1. The van der Waals surface area contributed by atoms with Crippen molar-refractivity contribution >= 4 is 5.97 Å². The van der Waals surface area contributed by atoms with Crippen molar-refractivity contribution in [3.63, 3.8) is 0 Å². The van der Waals surface area contributed by atoms with E-state index < -0.39 is 23.6 Å². The van der Waals surface area contributed by atoms with Gasteiger partial charge in [-0.1, -0.05) is 60.1 Å². The van der Waals surface area contributed by atoms with Crippen LogP contribution in [0.5, 0.6) is 0 Å². The van der Waals surface area contributed by atoms with E-state index in [0.29, 0.717) is 18.3 Å². The number of aliphatic hydroxyl groups excluding tert-OH is 2. The molecule has 4 saturated carbocycles. The molecular formula is C30H48O4. The van der Waals surface area contributed by atoms with Gasteiger partial charge in [-0.15, -0.1) is 0 Å². The van der Waals surface area contributed by atoms with E-state index in [9.17, 15) is 20.1 Å². The summed E-state index contributed by atoms with van der Waals surface area (Å²) in [6.45, 7) is 16.3. The van der Waals surface area contributed by atoms with Gasteiger partial charge >= 0.3 is 5.97 Å². The van der Waals surface area contributed by atoms with E-state index in [1.54, 1.807) is 0 Å². The summed E-state index contributed by atoms with van der Waals surface area (Å²) < 4.78 is 0. The molecule has 9 atom stereocenters. The molecule has 5 rings (SSSR count). The maximum atomic E-state index is 12.8. The molecule has 0 heterocycles. The smallest absolute Gasteiger partial charge is 0.310 e. The Morgan fingerprint density at radius 1 is 0.882 bits per heavy atom. The third kappa shape index (κ3) is 2.88. The van der Waals surface area contributed by atoms with Gasteiger partial charge in [0.05, 0.1) is 17.6 Å². The SMILES string of the molecule is CC1(C)CC[C@]2(C(=O)O)CC[C@@]3(C)C(=CCC4[C@@]5(C)C[C@H](O)[C@H](O)C(C)(C)C5CC[C@]43C)C2C1. The molecular weight excluding hydrogens is 424 g/mol. The fourth-order valence-corrected chi connectivity index (χ4v) is 10.8. The first-order valence-electron chi connectivity index (χ1n) is 13.9. The molecule has 4 heteroatoms. The maximum Gasteiger partial charge on any atom is 0.310 e. The van der Waals surface area contributed by atoms with Crippen molar-refractivity contribution in [2.75, 3.05) is 0 Å². The summed E-state index contributed by atoms with van der Waals surface area (Å²) >= 11 is 0. The zero-order chi connectivity index (χ0) is 25.1. The van der Waals surface area contributed by atoms with E-state index >= 15 is 0 Å². The van der Waals surface area contributed by atoms with Crippen LogP contribution in [0.15, 0.2) is 11.6 Å². The first-order valence-corrected chi connectivity index (χ1v) is 13.9. The molecule has 4 nitrogen and oxygen atoms in total. The van der Waals surface area contributed by atoms with Crippen LogP contribution in [-0.2, 0) is 4.79 Å². The van der Waals surface area contributed by atoms with Crippen molar-refractivity contribution in [2.45, 2.75) is 118 Å². The molecule has 0 aromatic carbocycles. The highest BCUT2D eigenvalue weighted by atomic mass is 16.4. The second-order valence-corrected chi connectivity index (χ2v) is 15.2. The van der Waals surface area contributed by atoms with Crippen molar-refractivity contribution in [1.29, 1.82) is 0 Å². The standard InChI is InChI=1S/C30H48O4/c1-25(2)12-14-30(24(33)34)15-13-28(6)18(19(30)16-25)8-9-22-27(5)17-20(31)23(32)26(3,4)21(27)10-11-29(22,28)7/h8,19-23,31-32H,9-17H2,1-7H3,(H,33,34)/t19?,20-,21?,22?,23-,27-,28-,29+,30-/m0/s1. The first-order chi connectivity index (χ1) is 15.6. The second kappa shape index (κ2) is 7.12. The average Bonchev–Trinajstić information content (AvgIpc) is 2.72. The fraction of sp³-hybridized carbons (Fsp3) is 0.900. The average molecular weight is 473 g/mol. The van der Waals surface area contributed by atoms with Crippen molar-refractivity contribution in [2.24, 2.45) is 50.2 Å². The number of fused-ring (bicyclic) bond motifs is 7.